The fourth-order valence-corrected chi connectivity index (χ4v) is 3.90. The summed E-state index contributed by atoms with van der Waals surface area (Å²) in [5.74, 6) is 0. The van der Waals surface area contributed by atoms with Gasteiger partial charge in [0.15, 0.2) is 0 Å². The lowest BCUT2D eigenvalue weighted by Gasteiger charge is -2.34. The van der Waals surface area contributed by atoms with Crippen LogP contribution in [0, 0.1) is 5.41 Å². The van der Waals surface area contributed by atoms with E-state index in [-0.39, 0.29) is 0 Å². The van der Waals surface area contributed by atoms with Crippen molar-refractivity contribution in [1.29, 1.82) is 0 Å². The van der Waals surface area contributed by atoms with E-state index in [0.717, 1.165) is 6.04 Å². The maximum atomic E-state index is 3.69. The molecular weight excluding hydrogens is 234 g/mol. The summed E-state index contributed by atoms with van der Waals surface area (Å²) < 4.78 is 0. The largest absolute Gasteiger partial charge is 0.316 e. The Morgan fingerprint density at radius 2 is 2.00 bits per heavy atom. The molecule has 1 unspecified atom stereocenters. The molecule has 1 heterocycles. The molecule has 1 atom stereocenters. The van der Waals surface area contributed by atoms with E-state index in [0.29, 0.717) is 5.41 Å². The minimum atomic E-state index is 0.580. The first-order chi connectivity index (χ1) is 9.15. The zero-order chi connectivity index (χ0) is 13.7. The van der Waals surface area contributed by atoms with Gasteiger partial charge in [0.05, 0.1) is 0 Å². The Morgan fingerprint density at radius 3 is 2.58 bits per heavy atom. The first-order valence-corrected chi connectivity index (χ1v) is 8.25. The van der Waals surface area contributed by atoms with Gasteiger partial charge in [-0.1, -0.05) is 19.8 Å². The zero-order valence-corrected chi connectivity index (χ0v) is 13.2. The quantitative estimate of drug-likeness (QED) is 0.713. The Kier molecular flexibility index (Phi) is 5.67. The van der Waals surface area contributed by atoms with E-state index in [1.165, 1.54) is 71.2 Å². The fourth-order valence-electron chi connectivity index (χ4n) is 3.90. The fraction of sp³-hybridized carbons (Fsp3) is 1.00. The molecule has 112 valence electrons. The third-order valence-corrected chi connectivity index (χ3v) is 5.13. The molecule has 1 N–H and O–H groups in total. The second-order valence-corrected chi connectivity index (χ2v) is 7.03. The van der Waals surface area contributed by atoms with Crippen LogP contribution in [-0.2, 0) is 0 Å². The van der Waals surface area contributed by atoms with Gasteiger partial charge in [0.25, 0.3) is 0 Å². The molecule has 2 rings (SSSR count). The summed E-state index contributed by atoms with van der Waals surface area (Å²) in [6.07, 6.45) is 8.37. The highest BCUT2D eigenvalue weighted by Gasteiger charge is 2.37. The highest BCUT2D eigenvalue weighted by Crippen LogP contribution is 2.39. The molecule has 1 saturated heterocycles. The van der Waals surface area contributed by atoms with Crippen molar-refractivity contribution in [1.82, 2.24) is 15.1 Å². The number of rotatable bonds is 7. The van der Waals surface area contributed by atoms with Gasteiger partial charge in [0.2, 0.25) is 0 Å². The highest BCUT2D eigenvalue weighted by atomic mass is 15.2. The van der Waals surface area contributed by atoms with Crippen molar-refractivity contribution in [2.24, 2.45) is 5.41 Å². The van der Waals surface area contributed by atoms with Crippen LogP contribution in [0.1, 0.15) is 45.4 Å². The molecule has 0 aromatic heterocycles. The van der Waals surface area contributed by atoms with Crippen molar-refractivity contribution < 1.29 is 0 Å². The van der Waals surface area contributed by atoms with Crippen molar-refractivity contribution in [3.63, 3.8) is 0 Å². The second kappa shape index (κ2) is 7.05. The standard InChI is InChI=1S/C16H33N3/c1-4-10-17-13-16(8-5-6-9-16)14-19-11-7-15(12-19)18(2)3/h15,17H,4-14H2,1-3H3. The molecule has 0 aromatic rings. The summed E-state index contributed by atoms with van der Waals surface area (Å²) >= 11 is 0. The number of hydrogen-bond acceptors (Lipinski definition) is 3. The van der Waals surface area contributed by atoms with Crippen molar-refractivity contribution in [3.05, 3.63) is 0 Å². The number of hydrogen-bond donors (Lipinski definition) is 1. The molecule has 0 aromatic carbocycles. The van der Waals surface area contributed by atoms with Crippen LogP contribution < -0.4 is 5.32 Å². The molecule has 3 nitrogen and oxygen atoms in total. The maximum absolute atomic E-state index is 3.69. The Hall–Kier alpha value is -0.120. The van der Waals surface area contributed by atoms with E-state index >= 15 is 0 Å². The Balaban J connectivity index is 1.83. The minimum absolute atomic E-state index is 0.580. The van der Waals surface area contributed by atoms with E-state index in [2.05, 4.69) is 36.1 Å². The number of nitrogens with one attached hydrogen (secondary N) is 1. The molecule has 1 aliphatic heterocycles. The van der Waals surface area contributed by atoms with Gasteiger partial charge in [0, 0.05) is 25.7 Å². The molecule has 0 radical (unpaired) electrons. The smallest absolute Gasteiger partial charge is 0.0229 e. The molecule has 19 heavy (non-hydrogen) atoms. The maximum Gasteiger partial charge on any atom is 0.0229 e. The molecule has 2 fully saturated rings. The van der Waals surface area contributed by atoms with Gasteiger partial charge in [0.1, 0.15) is 0 Å². The van der Waals surface area contributed by atoms with E-state index in [9.17, 15) is 0 Å². The zero-order valence-electron chi connectivity index (χ0n) is 13.2. The summed E-state index contributed by atoms with van der Waals surface area (Å²) in [4.78, 5) is 5.13. The summed E-state index contributed by atoms with van der Waals surface area (Å²) in [6, 6.07) is 0.780. The summed E-state index contributed by atoms with van der Waals surface area (Å²) in [7, 11) is 4.45. The third-order valence-electron chi connectivity index (χ3n) is 5.13. The molecule has 3 heteroatoms. The molecule has 1 saturated carbocycles. The Morgan fingerprint density at radius 1 is 1.26 bits per heavy atom. The van der Waals surface area contributed by atoms with Gasteiger partial charge in [-0.25, -0.2) is 0 Å². The molecule has 1 aliphatic carbocycles. The topological polar surface area (TPSA) is 18.5 Å². The Labute approximate surface area is 119 Å². The van der Waals surface area contributed by atoms with Crippen LogP contribution in [0.2, 0.25) is 0 Å². The van der Waals surface area contributed by atoms with Crippen LogP contribution >= 0.6 is 0 Å². The number of nitrogens with zero attached hydrogens (tertiary/aromatic N) is 2. The van der Waals surface area contributed by atoms with Crippen molar-refractivity contribution in [3.8, 4) is 0 Å². The van der Waals surface area contributed by atoms with Crippen molar-refractivity contribution in [2.45, 2.75) is 51.5 Å². The number of likely N-dealkylation sites (tertiary alicyclic amines) is 1. The first kappa shape index (κ1) is 15.3. The van der Waals surface area contributed by atoms with Crippen LogP contribution in [-0.4, -0.2) is 62.7 Å². The average molecular weight is 267 g/mol. The van der Waals surface area contributed by atoms with Crippen LogP contribution in [0.4, 0.5) is 0 Å². The molecule has 0 bridgehead atoms. The van der Waals surface area contributed by atoms with Gasteiger partial charge in [-0.3, -0.25) is 0 Å². The molecule has 2 aliphatic rings. The van der Waals surface area contributed by atoms with E-state index < -0.39 is 0 Å². The van der Waals surface area contributed by atoms with Gasteiger partial charge in [-0.2, -0.15) is 0 Å². The minimum Gasteiger partial charge on any atom is -0.316 e. The van der Waals surface area contributed by atoms with Gasteiger partial charge >= 0.3 is 0 Å². The van der Waals surface area contributed by atoms with Crippen LogP contribution in [0.3, 0.4) is 0 Å². The summed E-state index contributed by atoms with van der Waals surface area (Å²) in [5.41, 5.74) is 0.580. The van der Waals surface area contributed by atoms with E-state index in [1.54, 1.807) is 0 Å². The van der Waals surface area contributed by atoms with E-state index in [4.69, 9.17) is 0 Å². The van der Waals surface area contributed by atoms with Crippen LogP contribution in [0.5, 0.6) is 0 Å². The average Bonchev–Trinajstić information content (AvgIpc) is 3.00. The van der Waals surface area contributed by atoms with E-state index in [1.807, 2.05) is 0 Å². The second-order valence-electron chi connectivity index (χ2n) is 7.03. The lowest BCUT2D eigenvalue weighted by atomic mass is 9.85. The van der Waals surface area contributed by atoms with Crippen molar-refractivity contribution >= 4 is 0 Å². The normalized spacial score (nSPS) is 27.5. The molecule has 0 amide bonds. The lowest BCUT2D eigenvalue weighted by Crippen LogP contribution is -2.43. The first-order valence-electron chi connectivity index (χ1n) is 8.25. The number of likely N-dealkylation sites (N-methyl/N-ethyl adjacent to an activating group) is 1. The SMILES string of the molecule is CCCNCC1(CN2CCC(N(C)C)C2)CCCC1. The summed E-state index contributed by atoms with van der Waals surface area (Å²) in [6.45, 7) is 8.59. The van der Waals surface area contributed by atoms with Crippen LogP contribution in [0.15, 0.2) is 0 Å². The Bertz CT molecular complexity index is 259. The van der Waals surface area contributed by atoms with Gasteiger partial charge < -0.3 is 15.1 Å². The summed E-state index contributed by atoms with van der Waals surface area (Å²) in [5, 5.41) is 3.69. The third kappa shape index (κ3) is 4.17. The van der Waals surface area contributed by atoms with Crippen LogP contribution in [0.25, 0.3) is 0 Å². The van der Waals surface area contributed by atoms with Gasteiger partial charge in [-0.15, -0.1) is 0 Å². The molecular formula is C16H33N3. The lowest BCUT2D eigenvalue weighted by molar-refractivity contribution is 0.163. The predicted octanol–water partition coefficient (Wildman–Crippen LogP) is 2.18. The molecule has 0 spiro atoms. The highest BCUT2D eigenvalue weighted by molar-refractivity contribution is 4.92. The van der Waals surface area contributed by atoms with Gasteiger partial charge in [-0.05, 0) is 58.3 Å². The van der Waals surface area contributed by atoms with Crippen molar-refractivity contribution in [2.75, 3.05) is 46.8 Å². The predicted molar refractivity (Wildman–Crippen MR) is 82.6 cm³/mol. The monoisotopic (exact) mass is 267 g/mol.